The summed E-state index contributed by atoms with van der Waals surface area (Å²) in [6.07, 6.45) is 6.71. The quantitative estimate of drug-likeness (QED) is 0.529. The summed E-state index contributed by atoms with van der Waals surface area (Å²) in [5.74, 6) is -0.850. The molecule has 0 rings (SSSR count). The fourth-order valence-corrected chi connectivity index (χ4v) is 2.30. The third-order valence-corrected chi connectivity index (χ3v) is 3.53. The summed E-state index contributed by atoms with van der Waals surface area (Å²) in [4.78, 5) is 11.1. The van der Waals surface area contributed by atoms with Crippen LogP contribution in [0.2, 0.25) is 0 Å². The minimum Gasteiger partial charge on any atom is -0.481 e. The van der Waals surface area contributed by atoms with Gasteiger partial charge in [-0.1, -0.05) is 62.4 Å². The molecule has 0 radical (unpaired) electrons. The summed E-state index contributed by atoms with van der Waals surface area (Å²) in [6.45, 7) is 6.03. The fraction of sp³-hybridized carbons (Fsp3) is 0.923. The minimum atomic E-state index is -0.645. The molecule has 0 spiro atoms. The van der Waals surface area contributed by atoms with Crippen LogP contribution in [0.5, 0.6) is 0 Å². The number of hydrogen-bond donors (Lipinski definition) is 1. The van der Waals surface area contributed by atoms with Crippen LogP contribution in [0, 0.1) is 11.3 Å². The minimum absolute atomic E-state index is 0.123. The molecule has 0 fully saturated rings. The Morgan fingerprint density at radius 2 is 1.62 bits per heavy atom. The third kappa shape index (κ3) is 7.26. The van der Waals surface area contributed by atoms with Gasteiger partial charge in [0.1, 0.15) is 0 Å². The van der Waals surface area contributed by atoms with Gasteiger partial charge in [0.2, 0.25) is 0 Å². The van der Waals surface area contributed by atoms with E-state index in [0.717, 1.165) is 24.6 Å². The van der Waals surface area contributed by atoms with E-state index in [1.54, 1.807) is 0 Å². The van der Waals surface area contributed by atoms with Crippen LogP contribution >= 0.6 is 15.9 Å². The van der Waals surface area contributed by atoms with Gasteiger partial charge in [-0.2, -0.15) is 0 Å². The first kappa shape index (κ1) is 16.0. The Morgan fingerprint density at radius 3 is 2.06 bits per heavy atom. The number of unbranched alkanes of at least 4 members (excludes halogenated alkanes) is 4. The molecule has 16 heavy (non-hydrogen) atoms. The molecular formula is C13H25BrO2. The van der Waals surface area contributed by atoms with Gasteiger partial charge in [-0.15, -0.1) is 0 Å². The van der Waals surface area contributed by atoms with Gasteiger partial charge in [0.15, 0.2) is 0 Å². The fourth-order valence-electron chi connectivity index (χ4n) is 1.90. The van der Waals surface area contributed by atoms with Crippen molar-refractivity contribution in [3.8, 4) is 0 Å². The number of halogens is 1. The smallest absolute Gasteiger partial charge is 0.307 e. The first-order valence-electron chi connectivity index (χ1n) is 6.18. The average Bonchev–Trinajstić information content (AvgIpc) is 2.13. The molecule has 0 aliphatic rings. The van der Waals surface area contributed by atoms with Crippen molar-refractivity contribution >= 4 is 21.9 Å². The average molecular weight is 293 g/mol. The summed E-state index contributed by atoms with van der Waals surface area (Å²) < 4.78 is 0. The Bertz CT molecular complexity index is 197. The van der Waals surface area contributed by atoms with Crippen molar-refractivity contribution in [1.29, 1.82) is 0 Å². The van der Waals surface area contributed by atoms with Crippen LogP contribution in [-0.2, 0) is 4.79 Å². The maximum Gasteiger partial charge on any atom is 0.307 e. The number of rotatable bonds is 8. The standard InChI is InChI=1S/C13H25BrO2/c1-13(2,3)11(12(15)16)9-7-5-4-6-8-10-14/h11H,4-10H2,1-3H3,(H,15,16). The lowest BCUT2D eigenvalue weighted by Crippen LogP contribution is -2.28. The molecule has 0 saturated carbocycles. The van der Waals surface area contributed by atoms with Crippen molar-refractivity contribution in [3.05, 3.63) is 0 Å². The van der Waals surface area contributed by atoms with E-state index in [-0.39, 0.29) is 11.3 Å². The molecule has 0 heterocycles. The van der Waals surface area contributed by atoms with Crippen molar-refractivity contribution in [2.45, 2.75) is 59.3 Å². The SMILES string of the molecule is CC(C)(C)C(CCCCCCCBr)C(=O)O. The van der Waals surface area contributed by atoms with Crippen LogP contribution < -0.4 is 0 Å². The van der Waals surface area contributed by atoms with Gasteiger partial charge in [0.25, 0.3) is 0 Å². The lowest BCUT2D eigenvalue weighted by atomic mass is 9.78. The molecule has 2 nitrogen and oxygen atoms in total. The molecule has 0 aliphatic carbocycles. The highest BCUT2D eigenvalue weighted by molar-refractivity contribution is 9.09. The molecule has 0 bridgehead atoms. The van der Waals surface area contributed by atoms with E-state index < -0.39 is 5.97 Å². The molecule has 0 aliphatic heterocycles. The van der Waals surface area contributed by atoms with Crippen LogP contribution in [0.1, 0.15) is 59.3 Å². The second-order valence-corrected chi connectivity index (χ2v) is 6.30. The molecule has 0 amide bonds. The summed E-state index contributed by atoms with van der Waals surface area (Å²) in [5, 5.41) is 10.2. The highest BCUT2D eigenvalue weighted by Crippen LogP contribution is 2.30. The van der Waals surface area contributed by atoms with Gasteiger partial charge < -0.3 is 5.11 Å². The van der Waals surface area contributed by atoms with Gasteiger partial charge in [-0.05, 0) is 18.3 Å². The summed E-state index contributed by atoms with van der Waals surface area (Å²) >= 11 is 3.41. The monoisotopic (exact) mass is 292 g/mol. The van der Waals surface area contributed by atoms with Crippen LogP contribution in [-0.4, -0.2) is 16.4 Å². The highest BCUT2D eigenvalue weighted by Gasteiger charge is 2.30. The molecule has 96 valence electrons. The molecule has 1 unspecified atom stereocenters. The van der Waals surface area contributed by atoms with Gasteiger partial charge >= 0.3 is 5.97 Å². The predicted octanol–water partition coefficient (Wildman–Crippen LogP) is 4.47. The van der Waals surface area contributed by atoms with E-state index in [1.807, 2.05) is 20.8 Å². The van der Waals surface area contributed by atoms with Crippen LogP contribution in [0.4, 0.5) is 0 Å². The molecular weight excluding hydrogens is 268 g/mol. The number of alkyl halides is 1. The number of carboxylic acids is 1. The third-order valence-electron chi connectivity index (χ3n) is 2.97. The molecule has 0 saturated heterocycles. The van der Waals surface area contributed by atoms with Gasteiger partial charge in [-0.3, -0.25) is 4.79 Å². The van der Waals surface area contributed by atoms with Crippen molar-refractivity contribution in [1.82, 2.24) is 0 Å². The van der Waals surface area contributed by atoms with Crippen molar-refractivity contribution < 1.29 is 9.90 Å². The van der Waals surface area contributed by atoms with Crippen molar-refractivity contribution in [2.24, 2.45) is 11.3 Å². The van der Waals surface area contributed by atoms with Crippen LogP contribution in [0.15, 0.2) is 0 Å². The molecule has 1 atom stereocenters. The zero-order valence-electron chi connectivity index (χ0n) is 10.8. The van der Waals surface area contributed by atoms with Gasteiger partial charge in [0.05, 0.1) is 5.92 Å². The first-order chi connectivity index (χ1) is 7.39. The molecule has 0 aromatic carbocycles. The van der Waals surface area contributed by atoms with E-state index in [4.69, 9.17) is 5.11 Å². The zero-order chi connectivity index (χ0) is 12.6. The lowest BCUT2D eigenvalue weighted by molar-refractivity contribution is -0.145. The number of hydrogen-bond acceptors (Lipinski definition) is 1. The summed E-state index contributed by atoms with van der Waals surface area (Å²) in [6, 6.07) is 0. The van der Waals surface area contributed by atoms with E-state index in [0.29, 0.717) is 0 Å². The van der Waals surface area contributed by atoms with Gasteiger partial charge in [-0.25, -0.2) is 0 Å². The van der Waals surface area contributed by atoms with E-state index in [2.05, 4.69) is 15.9 Å². The van der Waals surface area contributed by atoms with E-state index in [9.17, 15) is 4.79 Å². The number of carboxylic acid groups (broad SMARTS) is 1. The number of carbonyl (C=O) groups is 1. The second-order valence-electron chi connectivity index (χ2n) is 5.50. The highest BCUT2D eigenvalue weighted by atomic mass is 79.9. The Hall–Kier alpha value is -0.0500. The Morgan fingerprint density at radius 1 is 1.12 bits per heavy atom. The zero-order valence-corrected chi connectivity index (χ0v) is 12.3. The first-order valence-corrected chi connectivity index (χ1v) is 7.30. The van der Waals surface area contributed by atoms with E-state index in [1.165, 1.54) is 19.3 Å². The maximum atomic E-state index is 11.1. The Balaban J connectivity index is 3.75. The summed E-state index contributed by atoms with van der Waals surface area (Å²) in [7, 11) is 0. The largest absolute Gasteiger partial charge is 0.481 e. The van der Waals surface area contributed by atoms with Gasteiger partial charge in [0, 0.05) is 5.33 Å². The van der Waals surface area contributed by atoms with E-state index >= 15 is 0 Å². The predicted molar refractivity (Wildman–Crippen MR) is 72.1 cm³/mol. The second kappa shape index (κ2) is 8.10. The maximum absolute atomic E-state index is 11.1. The summed E-state index contributed by atoms with van der Waals surface area (Å²) in [5.41, 5.74) is -0.123. The topological polar surface area (TPSA) is 37.3 Å². The normalized spacial score (nSPS) is 13.8. The van der Waals surface area contributed by atoms with Crippen molar-refractivity contribution in [2.75, 3.05) is 5.33 Å². The lowest BCUT2D eigenvalue weighted by Gasteiger charge is -2.26. The van der Waals surface area contributed by atoms with Crippen molar-refractivity contribution in [3.63, 3.8) is 0 Å². The molecule has 3 heteroatoms. The Labute approximate surface area is 108 Å². The molecule has 0 aromatic heterocycles. The number of aliphatic carboxylic acids is 1. The Kier molecular flexibility index (Phi) is 8.08. The molecule has 0 aromatic rings. The van der Waals surface area contributed by atoms with Crippen LogP contribution in [0.3, 0.4) is 0 Å². The molecule has 1 N–H and O–H groups in total. The van der Waals surface area contributed by atoms with Crippen LogP contribution in [0.25, 0.3) is 0 Å².